The summed E-state index contributed by atoms with van der Waals surface area (Å²) in [5, 5.41) is 9.83. The first-order valence-electron chi connectivity index (χ1n) is 19.4. The van der Waals surface area contributed by atoms with Gasteiger partial charge in [-0.15, -0.1) is 45.3 Å². The number of aromatic nitrogens is 3. The number of hydrogen-bond acceptors (Lipinski definition) is 8. The van der Waals surface area contributed by atoms with Crippen LogP contribution in [0.3, 0.4) is 0 Å². The Morgan fingerprint density at radius 3 is 1.00 bits per heavy atom. The standard InChI is InChI=1S/C51H28N4S4/c1-5-13-41-33(9-1)37-25-29(17-21-45(37)56-41)49-52-50(30-18-22-46-38(26-30)34-10-2-6-14-42(34)57-46)54-51(53-49)55(31-19-23-47-39(27-31)35-11-3-7-15-43(35)58-47)32-20-24-48-40(28-32)36-12-4-8-16-44(36)59-48/h1-28H. The smallest absolute Gasteiger partial charge is 0.238 e. The lowest BCUT2D eigenvalue weighted by Crippen LogP contribution is -2.15. The highest BCUT2D eigenvalue weighted by molar-refractivity contribution is 7.27. The van der Waals surface area contributed by atoms with Crippen molar-refractivity contribution >= 4 is 143 Å². The van der Waals surface area contributed by atoms with Crippen molar-refractivity contribution in [2.24, 2.45) is 0 Å². The van der Waals surface area contributed by atoms with Crippen LogP contribution in [-0.4, -0.2) is 15.0 Å². The first kappa shape index (κ1) is 33.4. The van der Waals surface area contributed by atoms with Gasteiger partial charge in [0, 0.05) is 103 Å². The van der Waals surface area contributed by atoms with Gasteiger partial charge < -0.3 is 0 Å². The second-order valence-corrected chi connectivity index (χ2v) is 19.1. The maximum atomic E-state index is 5.43. The van der Waals surface area contributed by atoms with Gasteiger partial charge in [0.25, 0.3) is 0 Å². The van der Waals surface area contributed by atoms with Crippen molar-refractivity contribution in [2.45, 2.75) is 0 Å². The molecule has 5 heterocycles. The van der Waals surface area contributed by atoms with Crippen LogP contribution in [0.25, 0.3) is 103 Å². The first-order valence-corrected chi connectivity index (χ1v) is 22.7. The van der Waals surface area contributed by atoms with Gasteiger partial charge in [0.2, 0.25) is 5.95 Å². The third-order valence-corrected chi connectivity index (χ3v) is 15.9. The fraction of sp³-hybridized carbons (Fsp3) is 0. The molecule has 0 bridgehead atoms. The summed E-state index contributed by atoms with van der Waals surface area (Å²) in [6.07, 6.45) is 0. The molecular formula is C51H28N4S4. The molecule has 0 saturated heterocycles. The lowest BCUT2D eigenvalue weighted by molar-refractivity contribution is 1.02. The van der Waals surface area contributed by atoms with E-state index in [0.717, 1.165) is 22.5 Å². The van der Waals surface area contributed by atoms with E-state index in [2.05, 4.69) is 175 Å². The Kier molecular flexibility index (Phi) is 7.35. The Labute approximate surface area is 353 Å². The van der Waals surface area contributed by atoms with E-state index in [1.165, 1.54) is 80.7 Å². The fourth-order valence-electron chi connectivity index (χ4n) is 8.54. The highest BCUT2D eigenvalue weighted by atomic mass is 32.1. The van der Waals surface area contributed by atoms with Crippen molar-refractivity contribution < 1.29 is 0 Å². The summed E-state index contributed by atoms with van der Waals surface area (Å²) in [4.78, 5) is 18.4. The highest BCUT2D eigenvalue weighted by Crippen LogP contribution is 2.44. The molecule has 0 amide bonds. The van der Waals surface area contributed by atoms with Gasteiger partial charge in [-0.1, -0.05) is 72.8 Å². The average molecular weight is 825 g/mol. The van der Waals surface area contributed by atoms with Gasteiger partial charge in [-0.05, 0) is 97.1 Å². The van der Waals surface area contributed by atoms with Crippen LogP contribution < -0.4 is 4.90 Å². The maximum absolute atomic E-state index is 5.43. The predicted octanol–water partition coefficient (Wildman–Crippen LogP) is 16.1. The zero-order valence-corrected chi connectivity index (χ0v) is 34.4. The van der Waals surface area contributed by atoms with Gasteiger partial charge in [-0.3, -0.25) is 4.90 Å². The van der Waals surface area contributed by atoms with Crippen LogP contribution in [0.1, 0.15) is 0 Å². The summed E-state index contributed by atoms with van der Waals surface area (Å²) in [6.45, 7) is 0. The molecule has 0 aliphatic carbocycles. The molecule has 5 aromatic heterocycles. The van der Waals surface area contributed by atoms with Crippen LogP contribution in [0.4, 0.5) is 17.3 Å². The van der Waals surface area contributed by atoms with Gasteiger partial charge in [-0.25, -0.2) is 4.98 Å². The van der Waals surface area contributed by atoms with Crippen molar-refractivity contribution in [3.05, 3.63) is 170 Å². The molecule has 13 aromatic rings. The van der Waals surface area contributed by atoms with Gasteiger partial charge in [0.15, 0.2) is 11.6 Å². The summed E-state index contributed by atoms with van der Waals surface area (Å²) in [5.74, 6) is 1.83. The molecule has 0 spiro atoms. The van der Waals surface area contributed by atoms with E-state index >= 15 is 0 Å². The van der Waals surface area contributed by atoms with E-state index in [1.54, 1.807) is 0 Å². The molecule has 13 rings (SSSR count). The molecular weight excluding hydrogens is 797 g/mol. The summed E-state index contributed by atoms with van der Waals surface area (Å²) in [6, 6.07) is 61.4. The first-order chi connectivity index (χ1) is 29.2. The second-order valence-electron chi connectivity index (χ2n) is 14.8. The normalized spacial score (nSPS) is 12.1. The third-order valence-electron chi connectivity index (χ3n) is 11.3. The Balaban J connectivity index is 1.09. The number of fused-ring (bicyclic) bond motifs is 12. The van der Waals surface area contributed by atoms with E-state index in [4.69, 9.17) is 15.0 Å². The van der Waals surface area contributed by atoms with E-state index in [0.29, 0.717) is 17.6 Å². The Bertz CT molecular complexity index is 3590. The van der Waals surface area contributed by atoms with Gasteiger partial charge in [0.1, 0.15) is 0 Å². The zero-order valence-electron chi connectivity index (χ0n) is 31.1. The fourth-order valence-corrected chi connectivity index (χ4v) is 12.9. The van der Waals surface area contributed by atoms with E-state index < -0.39 is 0 Å². The van der Waals surface area contributed by atoms with Crippen molar-refractivity contribution in [1.29, 1.82) is 0 Å². The summed E-state index contributed by atoms with van der Waals surface area (Å²) in [7, 11) is 0. The molecule has 0 atom stereocenters. The third kappa shape index (κ3) is 5.34. The van der Waals surface area contributed by atoms with E-state index in [-0.39, 0.29) is 0 Å². The molecule has 8 heteroatoms. The van der Waals surface area contributed by atoms with Crippen LogP contribution in [0.2, 0.25) is 0 Å². The Morgan fingerprint density at radius 2 is 0.610 bits per heavy atom. The van der Waals surface area contributed by atoms with Gasteiger partial charge in [0.05, 0.1) is 0 Å². The lowest BCUT2D eigenvalue weighted by Gasteiger charge is -2.24. The minimum atomic E-state index is 0.563. The average Bonchev–Trinajstić information content (AvgIpc) is 4.06. The van der Waals surface area contributed by atoms with Gasteiger partial charge in [-0.2, -0.15) is 9.97 Å². The van der Waals surface area contributed by atoms with Crippen molar-refractivity contribution in [3.8, 4) is 22.8 Å². The summed E-state index contributed by atoms with van der Waals surface area (Å²) < 4.78 is 10.1. The monoisotopic (exact) mass is 824 g/mol. The lowest BCUT2D eigenvalue weighted by atomic mass is 10.1. The van der Waals surface area contributed by atoms with Gasteiger partial charge >= 0.3 is 0 Å². The summed E-state index contributed by atoms with van der Waals surface area (Å²) >= 11 is 7.28. The Morgan fingerprint density at radius 1 is 0.288 bits per heavy atom. The Hall–Kier alpha value is -6.55. The molecule has 276 valence electrons. The molecule has 59 heavy (non-hydrogen) atoms. The summed E-state index contributed by atoms with van der Waals surface area (Å²) in [5.41, 5.74) is 3.88. The molecule has 0 aliphatic rings. The SMILES string of the molecule is c1ccc2c(c1)sc1ccc(-c3nc(-c4ccc5sc6ccccc6c5c4)nc(N(c4ccc5sc6ccccc6c5c4)c4ccc5sc6ccccc6c5c4)n3)cc12. The van der Waals surface area contributed by atoms with Crippen molar-refractivity contribution in [1.82, 2.24) is 15.0 Å². The second kappa shape index (κ2) is 13.0. The van der Waals surface area contributed by atoms with Crippen molar-refractivity contribution in [2.75, 3.05) is 4.90 Å². The minimum absolute atomic E-state index is 0.563. The molecule has 0 unspecified atom stereocenters. The number of anilines is 3. The molecule has 0 saturated carbocycles. The molecule has 0 aliphatic heterocycles. The number of thiophene rings is 4. The highest BCUT2D eigenvalue weighted by Gasteiger charge is 2.23. The van der Waals surface area contributed by atoms with Crippen LogP contribution in [0, 0.1) is 0 Å². The number of benzene rings is 8. The maximum Gasteiger partial charge on any atom is 0.238 e. The molecule has 4 nitrogen and oxygen atoms in total. The largest absolute Gasteiger partial charge is 0.279 e. The number of nitrogens with zero attached hydrogens (tertiary/aromatic N) is 4. The molecule has 0 radical (unpaired) electrons. The topological polar surface area (TPSA) is 41.9 Å². The molecule has 0 N–H and O–H groups in total. The number of hydrogen-bond donors (Lipinski definition) is 0. The van der Waals surface area contributed by atoms with Crippen LogP contribution in [0.15, 0.2) is 170 Å². The van der Waals surface area contributed by atoms with Crippen molar-refractivity contribution in [3.63, 3.8) is 0 Å². The minimum Gasteiger partial charge on any atom is -0.279 e. The molecule has 0 fully saturated rings. The quantitative estimate of drug-likeness (QED) is 0.173. The van der Waals surface area contributed by atoms with Crippen LogP contribution in [-0.2, 0) is 0 Å². The number of rotatable bonds is 5. The van der Waals surface area contributed by atoms with E-state index in [1.807, 2.05) is 45.3 Å². The zero-order chi connectivity index (χ0) is 38.6. The van der Waals surface area contributed by atoms with Crippen LogP contribution in [0.5, 0.6) is 0 Å². The van der Waals surface area contributed by atoms with Crippen LogP contribution >= 0.6 is 45.3 Å². The predicted molar refractivity (Wildman–Crippen MR) is 257 cm³/mol. The molecule has 8 aromatic carbocycles. The van der Waals surface area contributed by atoms with E-state index in [9.17, 15) is 0 Å².